The van der Waals surface area contributed by atoms with Crippen molar-refractivity contribution < 1.29 is 27.8 Å². The van der Waals surface area contributed by atoms with Crippen molar-refractivity contribution in [2.24, 2.45) is 0 Å². The van der Waals surface area contributed by atoms with Crippen LogP contribution in [0.25, 0.3) is 0 Å². The first-order valence-electron chi connectivity index (χ1n) is 3.06. The van der Waals surface area contributed by atoms with Crippen LogP contribution in [0.1, 0.15) is 13.3 Å². The lowest BCUT2D eigenvalue weighted by Gasteiger charge is -2.23. The van der Waals surface area contributed by atoms with E-state index in [0.29, 0.717) is 0 Å². The van der Waals surface area contributed by atoms with Gasteiger partial charge in [-0.1, -0.05) is 0 Å². The summed E-state index contributed by atoms with van der Waals surface area (Å²) in [4.78, 5) is 10.3. The van der Waals surface area contributed by atoms with E-state index in [1.165, 1.54) is 0 Å². The van der Waals surface area contributed by atoms with Gasteiger partial charge in [0.25, 0.3) is 0 Å². The highest BCUT2D eigenvalue weighted by Crippen LogP contribution is 2.29. The number of ether oxygens (including phenoxy) is 1. The Kier molecular flexibility index (Phi) is 3.09. The molecule has 0 aliphatic carbocycles. The number of halogens is 3. The van der Waals surface area contributed by atoms with E-state index < -0.39 is 24.2 Å². The summed E-state index contributed by atoms with van der Waals surface area (Å²) in [5.74, 6) is -1.62. The van der Waals surface area contributed by atoms with E-state index in [1.54, 1.807) is 0 Å². The van der Waals surface area contributed by atoms with Gasteiger partial charge in [-0.2, -0.15) is 13.2 Å². The van der Waals surface area contributed by atoms with Gasteiger partial charge in [0.15, 0.2) is 5.60 Å². The molecule has 1 unspecified atom stereocenters. The molecule has 0 bridgehead atoms. The Hall–Kier alpha value is -0.780. The molecule has 0 aliphatic heterocycles. The minimum Gasteiger partial charge on any atom is -0.479 e. The van der Waals surface area contributed by atoms with Gasteiger partial charge in [0.2, 0.25) is 0 Å². The second-order valence-electron chi connectivity index (χ2n) is 2.53. The molecular weight excluding hydrogens is 177 g/mol. The maximum absolute atomic E-state index is 11.8. The predicted molar refractivity (Wildman–Crippen MR) is 33.7 cm³/mol. The topological polar surface area (TPSA) is 46.5 Å². The summed E-state index contributed by atoms with van der Waals surface area (Å²) in [7, 11) is 0.930. The zero-order valence-electron chi connectivity index (χ0n) is 6.60. The number of hydrogen-bond donors (Lipinski definition) is 1. The van der Waals surface area contributed by atoms with Crippen LogP contribution >= 0.6 is 0 Å². The Bertz CT molecular complexity index is 177. The SMILES string of the molecule is COC(C)(CC(F)(F)F)C(=O)O. The van der Waals surface area contributed by atoms with E-state index in [1.807, 2.05) is 0 Å². The molecule has 1 N–H and O–H groups in total. The molecule has 0 aromatic heterocycles. The van der Waals surface area contributed by atoms with Gasteiger partial charge in [-0.05, 0) is 6.92 Å². The van der Waals surface area contributed by atoms with Crippen molar-refractivity contribution in [3.63, 3.8) is 0 Å². The van der Waals surface area contributed by atoms with Crippen LogP contribution in [0.2, 0.25) is 0 Å². The molecule has 0 spiro atoms. The lowest BCUT2D eigenvalue weighted by atomic mass is 10.0. The molecule has 0 saturated heterocycles. The summed E-state index contributed by atoms with van der Waals surface area (Å²) < 4.78 is 39.5. The van der Waals surface area contributed by atoms with Gasteiger partial charge in [0, 0.05) is 7.11 Å². The Labute approximate surface area is 67.1 Å². The average Bonchev–Trinajstić information content (AvgIpc) is 1.83. The van der Waals surface area contributed by atoms with Crippen molar-refractivity contribution in [2.45, 2.75) is 25.1 Å². The lowest BCUT2D eigenvalue weighted by Crippen LogP contribution is -2.41. The van der Waals surface area contributed by atoms with E-state index in [9.17, 15) is 18.0 Å². The summed E-state index contributed by atoms with van der Waals surface area (Å²) in [5.41, 5.74) is -2.18. The maximum atomic E-state index is 11.8. The Balaban J connectivity index is 4.46. The van der Waals surface area contributed by atoms with Crippen molar-refractivity contribution >= 4 is 5.97 Å². The van der Waals surface area contributed by atoms with Crippen molar-refractivity contribution in [3.05, 3.63) is 0 Å². The molecule has 0 radical (unpaired) electrons. The van der Waals surface area contributed by atoms with Crippen molar-refractivity contribution in [2.75, 3.05) is 7.11 Å². The quantitative estimate of drug-likeness (QED) is 0.725. The summed E-state index contributed by atoms with van der Waals surface area (Å²) in [5, 5.41) is 8.37. The fourth-order valence-electron chi connectivity index (χ4n) is 0.618. The van der Waals surface area contributed by atoms with E-state index in [0.717, 1.165) is 14.0 Å². The van der Waals surface area contributed by atoms with Gasteiger partial charge < -0.3 is 9.84 Å². The molecule has 0 aromatic carbocycles. The molecule has 0 amide bonds. The third-order valence-corrected chi connectivity index (χ3v) is 1.44. The lowest BCUT2D eigenvalue weighted by molar-refractivity contribution is -0.196. The molecule has 72 valence electrons. The second-order valence-corrected chi connectivity index (χ2v) is 2.53. The van der Waals surface area contributed by atoms with Gasteiger partial charge in [0.1, 0.15) is 0 Å². The summed E-state index contributed by atoms with van der Waals surface area (Å²) >= 11 is 0. The van der Waals surface area contributed by atoms with Crippen LogP contribution < -0.4 is 0 Å². The van der Waals surface area contributed by atoms with Gasteiger partial charge in [-0.15, -0.1) is 0 Å². The fraction of sp³-hybridized carbons (Fsp3) is 0.833. The molecule has 0 aromatic rings. The largest absolute Gasteiger partial charge is 0.479 e. The van der Waals surface area contributed by atoms with Crippen LogP contribution in [-0.2, 0) is 9.53 Å². The third-order valence-electron chi connectivity index (χ3n) is 1.44. The molecule has 0 heterocycles. The standard InChI is InChI=1S/C6H9F3O3/c1-5(12-2,4(10)11)3-6(7,8)9/h3H2,1-2H3,(H,10,11). The highest BCUT2D eigenvalue weighted by molar-refractivity contribution is 5.76. The molecule has 1 atom stereocenters. The molecule has 12 heavy (non-hydrogen) atoms. The summed E-state index contributed by atoms with van der Waals surface area (Å²) in [6, 6.07) is 0. The molecule has 0 rings (SSSR count). The van der Waals surface area contributed by atoms with E-state index in [2.05, 4.69) is 4.74 Å². The minimum atomic E-state index is -4.54. The molecule has 0 fully saturated rings. The van der Waals surface area contributed by atoms with Crippen LogP contribution in [0.5, 0.6) is 0 Å². The number of alkyl halides is 3. The number of hydrogen-bond acceptors (Lipinski definition) is 2. The number of methoxy groups -OCH3 is 1. The van der Waals surface area contributed by atoms with Gasteiger partial charge in [0.05, 0.1) is 6.42 Å². The van der Waals surface area contributed by atoms with Crippen LogP contribution in [0, 0.1) is 0 Å². The maximum Gasteiger partial charge on any atom is 0.392 e. The van der Waals surface area contributed by atoms with Crippen LogP contribution in [0.4, 0.5) is 13.2 Å². The Morgan fingerprint density at radius 1 is 1.50 bits per heavy atom. The first kappa shape index (κ1) is 11.2. The van der Waals surface area contributed by atoms with Crippen molar-refractivity contribution in [1.29, 1.82) is 0 Å². The van der Waals surface area contributed by atoms with E-state index in [4.69, 9.17) is 5.11 Å². The van der Waals surface area contributed by atoms with Crippen LogP contribution in [-0.4, -0.2) is 30.0 Å². The monoisotopic (exact) mass is 186 g/mol. The van der Waals surface area contributed by atoms with Crippen molar-refractivity contribution in [3.8, 4) is 0 Å². The van der Waals surface area contributed by atoms with Gasteiger partial charge >= 0.3 is 12.1 Å². The Morgan fingerprint density at radius 2 is 1.92 bits per heavy atom. The molecule has 6 heteroatoms. The number of aliphatic carboxylic acids is 1. The average molecular weight is 186 g/mol. The molecular formula is C6H9F3O3. The smallest absolute Gasteiger partial charge is 0.392 e. The first-order chi connectivity index (χ1) is 5.21. The zero-order valence-corrected chi connectivity index (χ0v) is 6.60. The zero-order chi connectivity index (χ0) is 9.99. The molecule has 0 aliphatic rings. The molecule has 0 saturated carbocycles. The Morgan fingerprint density at radius 3 is 2.00 bits per heavy atom. The van der Waals surface area contributed by atoms with Gasteiger partial charge in [-0.3, -0.25) is 0 Å². The normalized spacial score (nSPS) is 17.1. The highest BCUT2D eigenvalue weighted by atomic mass is 19.4. The van der Waals surface area contributed by atoms with E-state index in [-0.39, 0.29) is 0 Å². The number of rotatable bonds is 3. The summed E-state index contributed by atoms with van der Waals surface area (Å²) in [6.45, 7) is 0.878. The third kappa shape index (κ3) is 3.08. The first-order valence-corrected chi connectivity index (χ1v) is 3.06. The highest BCUT2D eigenvalue weighted by Gasteiger charge is 2.44. The van der Waals surface area contributed by atoms with Gasteiger partial charge in [-0.25, -0.2) is 4.79 Å². The number of carboxylic acid groups (broad SMARTS) is 1. The summed E-state index contributed by atoms with van der Waals surface area (Å²) in [6.07, 6.45) is -6.03. The second kappa shape index (κ2) is 3.30. The van der Waals surface area contributed by atoms with Crippen LogP contribution in [0.15, 0.2) is 0 Å². The van der Waals surface area contributed by atoms with Crippen LogP contribution in [0.3, 0.4) is 0 Å². The predicted octanol–water partition coefficient (Wildman–Crippen LogP) is 1.43. The number of carbonyl (C=O) groups is 1. The fourth-order valence-corrected chi connectivity index (χ4v) is 0.618. The number of carboxylic acids is 1. The molecule has 3 nitrogen and oxygen atoms in total. The van der Waals surface area contributed by atoms with Crippen molar-refractivity contribution in [1.82, 2.24) is 0 Å². The minimum absolute atomic E-state index is 0.878. The van der Waals surface area contributed by atoms with E-state index >= 15 is 0 Å².